The molecule has 17 heavy (non-hydrogen) atoms. The van der Waals surface area contributed by atoms with E-state index >= 15 is 0 Å². The Bertz CT molecular complexity index is 302. The van der Waals surface area contributed by atoms with Gasteiger partial charge in [0.05, 0.1) is 5.75 Å². The SMILES string of the molecule is CC(C)(C)SCC(=O)N1CCNCC1C(N)=O. The lowest BCUT2D eigenvalue weighted by atomic mass is 10.2. The summed E-state index contributed by atoms with van der Waals surface area (Å²) in [6.45, 7) is 7.92. The molecule has 0 radical (unpaired) electrons. The zero-order chi connectivity index (χ0) is 13.1. The Labute approximate surface area is 106 Å². The number of thioether (sulfide) groups is 1. The number of rotatable bonds is 3. The first-order valence-corrected chi connectivity index (χ1v) is 6.73. The Morgan fingerprint density at radius 3 is 2.65 bits per heavy atom. The predicted octanol–water partition coefficient (Wildman–Crippen LogP) is -0.196. The highest BCUT2D eigenvalue weighted by atomic mass is 32.2. The maximum atomic E-state index is 12.0. The molecule has 1 rings (SSSR count). The summed E-state index contributed by atoms with van der Waals surface area (Å²) in [5, 5.41) is 3.07. The van der Waals surface area contributed by atoms with Crippen LogP contribution in [0.15, 0.2) is 0 Å². The number of piperazine rings is 1. The van der Waals surface area contributed by atoms with Gasteiger partial charge >= 0.3 is 0 Å². The molecule has 0 aromatic carbocycles. The van der Waals surface area contributed by atoms with Crippen molar-refractivity contribution in [2.45, 2.75) is 31.6 Å². The molecule has 0 aliphatic carbocycles. The Morgan fingerprint density at radius 1 is 1.47 bits per heavy atom. The molecule has 1 heterocycles. The third-order valence-electron chi connectivity index (χ3n) is 2.52. The zero-order valence-corrected chi connectivity index (χ0v) is 11.5. The third-order valence-corrected chi connectivity index (χ3v) is 3.78. The van der Waals surface area contributed by atoms with E-state index in [2.05, 4.69) is 26.1 Å². The fourth-order valence-corrected chi connectivity index (χ4v) is 2.34. The van der Waals surface area contributed by atoms with Crippen LogP contribution < -0.4 is 11.1 Å². The number of primary amides is 1. The lowest BCUT2D eigenvalue weighted by Crippen LogP contribution is -2.59. The molecule has 1 aliphatic rings. The van der Waals surface area contributed by atoms with Gasteiger partial charge in [-0.05, 0) is 0 Å². The van der Waals surface area contributed by atoms with E-state index in [0.29, 0.717) is 18.8 Å². The van der Waals surface area contributed by atoms with Crippen molar-refractivity contribution in [1.29, 1.82) is 0 Å². The van der Waals surface area contributed by atoms with Crippen molar-refractivity contribution in [3.8, 4) is 0 Å². The van der Waals surface area contributed by atoms with Gasteiger partial charge in [0, 0.05) is 24.4 Å². The Kier molecular flexibility index (Phi) is 4.82. The van der Waals surface area contributed by atoms with E-state index in [-0.39, 0.29) is 10.7 Å². The fourth-order valence-electron chi connectivity index (χ4n) is 1.62. The van der Waals surface area contributed by atoms with Gasteiger partial charge in [0.15, 0.2) is 0 Å². The van der Waals surface area contributed by atoms with Gasteiger partial charge in [-0.1, -0.05) is 20.8 Å². The normalized spacial score (nSPS) is 21.4. The molecule has 0 saturated carbocycles. The van der Waals surface area contributed by atoms with Crippen molar-refractivity contribution in [3.05, 3.63) is 0 Å². The van der Waals surface area contributed by atoms with E-state index in [1.807, 2.05) is 0 Å². The van der Waals surface area contributed by atoms with Gasteiger partial charge in [0.2, 0.25) is 11.8 Å². The van der Waals surface area contributed by atoms with Crippen molar-refractivity contribution >= 4 is 23.6 Å². The molecule has 1 aliphatic heterocycles. The number of carbonyl (C=O) groups is 2. The van der Waals surface area contributed by atoms with Crippen LogP contribution >= 0.6 is 11.8 Å². The lowest BCUT2D eigenvalue weighted by Gasteiger charge is -2.34. The second-order valence-corrected chi connectivity index (χ2v) is 6.91. The first-order chi connectivity index (χ1) is 7.81. The molecular weight excluding hydrogens is 238 g/mol. The summed E-state index contributed by atoms with van der Waals surface area (Å²) in [5.74, 6) is -0.0469. The minimum atomic E-state index is -0.503. The van der Waals surface area contributed by atoms with Gasteiger partial charge in [-0.2, -0.15) is 0 Å². The van der Waals surface area contributed by atoms with Crippen LogP contribution in [0.1, 0.15) is 20.8 Å². The summed E-state index contributed by atoms with van der Waals surface area (Å²) in [6, 6.07) is -0.503. The lowest BCUT2D eigenvalue weighted by molar-refractivity contribution is -0.138. The van der Waals surface area contributed by atoms with Gasteiger partial charge in [0.1, 0.15) is 6.04 Å². The second kappa shape index (κ2) is 5.73. The highest BCUT2D eigenvalue weighted by Crippen LogP contribution is 2.23. The van der Waals surface area contributed by atoms with Gasteiger partial charge in [-0.3, -0.25) is 9.59 Å². The first-order valence-electron chi connectivity index (χ1n) is 5.75. The molecule has 0 spiro atoms. The number of hydrogen-bond donors (Lipinski definition) is 2. The van der Waals surface area contributed by atoms with Crippen LogP contribution in [0.4, 0.5) is 0 Å². The number of amides is 2. The van der Waals surface area contributed by atoms with E-state index in [0.717, 1.165) is 6.54 Å². The number of nitrogens with two attached hydrogens (primary N) is 1. The van der Waals surface area contributed by atoms with Crippen molar-refractivity contribution in [1.82, 2.24) is 10.2 Å². The maximum absolute atomic E-state index is 12.0. The van der Waals surface area contributed by atoms with Crippen molar-refractivity contribution < 1.29 is 9.59 Å². The van der Waals surface area contributed by atoms with Gasteiger partial charge in [-0.25, -0.2) is 0 Å². The number of nitrogens with zero attached hydrogens (tertiary/aromatic N) is 1. The van der Waals surface area contributed by atoms with Crippen LogP contribution in [0.25, 0.3) is 0 Å². The summed E-state index contributed by atoms with van der Waals surface area (Å²) in [5.41, 5.74) is 5.30. The van der Waals surface area contributed by atoms with E-state index in [9.17, 15) is 9.59 Å². The van der Waals surface area contributed by atoms with Crippen LogP contribution in [-0.4, -0.2) is 52.9 Å². The summed E-state index contributed by atoms with van der Waals surface area (Å²) in [7, 11) is 0. The number of hydrogen-bond acceptors (Lipinski definition) is 4. The average Bonchev–Trinajstić information content (AvgIpc) is 2.25. The van der Waals surface area contributed by atoms with Crippen LogP contribution in [0.5, 0.6) is 0 Å². The van der Waals surface area contributed by atoms with Crippen LogP contribution in [0.3, 0.4) is 0 Å². The number of nitrogens with one attached hydrogen (secondary N) is 1. The Hall–Kier alpha value is -0.750. The molecule has 6 heteroatoms. The minimum absolute atomic E-state index is 0.00442. The van der Waals surface area contributed by atoms with Gasteiger partial charge in [0.25, 0.3) is 0 Å². The average molecular weight is 259 g/mol. The van der Waals surface area contributed by atoms with Gasteiger partial charge in [-0.15, -0.1) is 11.8 Å². The minimum Gasteiger partial charge on any atom is -0.368 e. The molecule has 0 bridgehead atoms. The molecule has 3 N–H and O–H groups in total. The molecule has 1 fully saturated rings. The predicted molar refractivity (Wildman–Crippen MR) is 69.8 cm³/mol. The molecule has 2 amide bonds. The van der Waals surface area contributed by atoms with Crippen LogP contribution in [-0.2, 0) is 9.59 Å². The third kappa shape index (κ3) is 4.55. The standard InChI is InChI=1S/C11H21N3O2S/c1-11(2,3)17-7-9(15)14-5-4-13-6-8(14)10(12)16/h8,13H,4-7H2,1-3H3,(H2,12,16). The van der Waals surface area contributed by atoms with E-state index in [1.165, 1.54) is 0 Å². The molecular formula is C11H21N3O2S. The highest BCUT2D eigenvalue weighted by Gasteiger charge is 2.30. The maximum Gasteiger partial charge on any atom is 0.241 e. The molecule has 1 atom stereocenters. The summed E-state index contributed by atoms with van der Waals surface area (Å²) in [4.78, 5) is 24.9. The monoisotopic (exact) mass is 259 g/mol. The van der Waals surface area contributed by atoms with E-state index < -0.39 is 11.9 Å². The molecule has 0 aromatic heterocycles. The quantitative estimate of drug-likeness (QED) is 0.736. The smallest absolute Gasteiger partial charge is 0.241 e. The molecule has 98 valence electrons. The number of carbonyl (C=O) groups excluding carboxylic acids is 2. The summed E-state index contributed by atoms with van der Waals surface area (Å²) in [6.07, 6.45) is 0. The first kappa shape index (κ1) is 14.3. The van der Waals surface area contributed by atoms with Crippen molar-refractivity contribution in [2.75, 3.05) is 25.4 Å². The molecule has 5 nitrogen and oxygen atoms in total. The van der Waals surface area contributed by atoms with Crippen molar-refractivity contribution in [2.24, 2.45) is 5.73 Å². The topological polar surface area (TPSA) is 75.4 Å². The Morgan fingerprint density at radius 2 is 2.12 bits per heavy atom. The van der Waals surface area contributed by atoms with Gasteiger partial charge < -0.3 is 16.0 Å². The summed E-state index contributed by atoms with van der Waals surface area (Å²) >= 11 is 1.59. The molecule has 1 saturated heterocycles. The zero-order valence-electron chi connectivity index (χ0n) is 10.7. The molecule has 0 aromatic rings. The van der Waals surface area contributed by atoms with Crippen molar-refractivity contribution in [3.63, 3.8) is 0 Å². The Balaban J connectivity index is 2.56. The fraction of sp³-hybridized carbons (Fsp3) is 0.818. The largest absolute Gasteiger partial charge is 0.368 e. The van der Waals surface area contributed by atoms with E-state index in [1.54, 1.807) is 16.7 Å². The second-order valence-electron chi connectivity index (χ2n) is 5.11. The molecule has 1 unspecified atom stereocenters. The van der Waals surface area contributed by atoms with Crippen LogP contribution in [0, 0.1) is 0 Å². The van der Waals surface area contributed by atoms with E-state index in [4.69, 9.17) is 5.73 Å². The summed E-state index contributed by atoms with van der Waals surface area (Å²) < 4.78 is 0.0475. The van der Waals surface area contributed by atoms with Crippen LogP contribution in [0.2, 0.25) is 0 Å². The highest BCUT2D eigenvalue weighted by molar-refractivity contribution is 8.01.